The van der Waals surface area contributed by atoms with Crippen LogP contribution in [0.4, 0.5) is 4.39 Å². The van der Waals surface area contributed by atoms with E-state index in [9.17, 15) is 19.1 Å². The lowest BCUT2D eigenvalue weighted by Crippen LogP contribution is -2.44. The molecule has 130 valence electrons. The molecular weight excluding hydrogens is 313 g/mol. The summed E-state index contributed by atoms with van der Waals surface area (Å²) in [4.78, 5) is 23.9. The first-order valence-corrected chi connectivity index (χ1v) is 8.40. The highest BCUT2D eigenvalue weighted by molar-refractivity contribution is 5.85. The SMILES string of the molecule is O=C(CC1(C(=O)O)CCC1)NC(c1ccc(F)cc1)C1CCCO1. The third-order valence-corrected chi connectivity index (χ3v) is 5.15. The molecule has 2 fully saturated rings. The number of carboxylic acid groups (broad SMARTS) is 1. The third kappa shape index (κ3) is 3.43. The van der Waals surface area contributed by atoms with Crippen molar-refractivity contribution in [2.75, 3.05) is 6.61 Å². The monoisotopic (exact) mass is 335 g/mol. The quantitative estimate of drug-likeness (QED) is 0.838. The highest BCUT2D eigenvalue weighted by atomic mass is 19.1. The molecule has 1 heterocycles. The molecule has 2 aliphatic rings. The molecule has 1 saturated heterocycles. The van der Waals surface area contributed by atoms with Crippen LogP contribution < -0.4 is 5.32 Å². The summed E-state index contributed by atoms with van der Waals surface area (Å²) in [7, 11) is 0. The second kappa shape index (κ2) is 6.89. The highest BCUT2D eigenvalue weighted by Gasteiger charge is 2.46. The average molecular weight is 335 g/mol. The number of aliphatic carboxylic acids is 1. The highest BCUT2D eigenvalue weighted by Crippen LogP contribution is 2.44. The number of ether oxygens (including phenoxy) is 1. The second-order valence-corrected chi connectivity index (χ2v) is 6.76. The summed E-state index contributed by atoms with van der Waals surface area (Å²) in [6.45, 7) is 0.636. The first-order chi connectivity index (χ1) is 11.5. The van der Waals surface area contributed by atoms with Gasteiger partial charge in [-0.3, -0.25) is 9.59 Å². The van der Waals surface area contributed by atoms with Gasteiger partial charge in [0, 0.05) is 13.0 Å². The number of rotatable bonds is 6. The standard InChI is InChI=1S/C18H22FNO4/c19-13-6-4-12(5-7-13)16(14-3-1-10-24-14)20-15(21)11-18(17(22)23)8-2-9-18/h4-7,14,16H,1-3,8-11H2,(H,20,21)(H,22,23). The van der Waals surface area contributed by atoms with Gasteiger partial charge in [-0.1, -0.05) is 18.6 Å². The molecule has 24 heavy (non-hydrogen) atoms. The number of carbonyl (C=O) groups is 2. The summed E-state index contributed by atoms with van der Waals surface area (Å²) in [5.74, 6) is -1.53. The van der Waals surface area contributed by atoms with Gasteiger partial charge in [0.1, 0.15) is 5.82 Å². The fraction of sp³-hybridized carbons (Fsp3) is 0.556. The van der Waals surface area contributed by atoms with Crippen molar-refractivity contribution in [3.63, 3.8) is 0 Å². The van der Waals surface area contributed by atoms with Crippen LogP contribution in [0.15, 0.2) is 24.3 Å². The molecule has 6 heteroatoms. The van der Waals surface area contributed by atoms with Crippen LogP contribution >= 0.6 is 0 Å². The van der Waals surface area contributed by atoms with Crippen molar-refractivity contribution < 1.29 is 23.8 Å². The van der Waals surface area contributed by atoms with Gasteiger partial charge in [-0.2, -0.15) is 0 Å². The molecule has 0 radical (unpaired) electrons. The Balaban J connectivity index is 1.72. The fourth-order valence-electron chi connectivity index (χ4n) is 3.53. The molecule has 1 aliphatic heterocycles. The zero-order valence-corrected chi connectivity index (χ0v) is 13.5. The summed E-state index contributed by atoms with van der Waals surface area (Å²) in [5.41, 5.74) is -0.150. The van der Waals surface area contributed by atoms with Crippen LogP contribution in [-0.4, -0.2) is 29.7 Å². The predicted molar refractivity (Wildman–Crippen MR) is 84.8 cm³/mol. The van der Waals surface area contributed by atoms with Crippen molar-refractivity contribution in [1.29, 1.82) is 0 Å². The summed E-state index contributed by atoms with van der Waals surface area (Å²) in [5, 5.41) is 12.3. The van der Waals surface area contributed by atoms with Crippen molar-refractivity contribution >= 4 is 11.9 Å². The van der Waals surface area contributed by atoms with Crippen molar-refractivity contribution in [2.24, 2.45) is 5.41 Å². The Bertz CT molecular complexity index is 606. The molecule has 2 atom stereocenters. The van der Waals surface area contributed by atoms with E-state index in [1.165, 1.54) is 12.1 Å². The maximum Gasteiger partial charge on any atom is 0.310 e. The number of carboxylic acids is 1. The molecule has 1 saturated carbocycles. The maximum atomic E-state index is 13.2. The summed E-state index contributed by atoms with van der Waals surface area (Å²) >= 11 is 0. The van der Waals surface area contributed by atoms with E-state index in [0.29, 0.717) is 19.4 Å². The van der Waals surface area contributed by atoms with Crippen LogP contribution in [0.5, 0.6) is 0 Å². The van der Waals surface area contributed by atoms with Crippen LogP contribution in [0, 0.1) is 11.2 Å². The van der Waals surface area contributed by atoms with Gasteiger partial charge in [0.2, 0.25) is 5.91 Å². The Labute approximate surface area is 140 Å². The van der Waals surface area contributed by atoms with E-state index in [1.54, 1.807) is 12.1 Å². The topological polar surface area (TPSA) is 75.6 Å². The minimum absolute atomic E-state index is 0.0211. The lowest BCUT2D eigenvalue weighted by atomic mass is 9.66. The number of hydrogen-bond acceptors (Lipinski definition) is 3. The minimum Gasteiger partial charge on any atom is -0.481 e. The van der Waals surface area contributed by atoms with Crippen molar-refractivity contribution in [3.05, 3.63) is 35.6 Å². The normalized spacial score (nSPS) is 23.3. The fourth-order valence-corrected chi connectivity index (χ4v) is 3.53. The largest absolute Gasteiger partial charge is 0.481 e. The van der Waals surface area contributed by atoms with Gasteiger partial charge in [-0.15, -0.1) is 0 Å². The Hall–Kier alpha value is -1.95. The molecule has 2 N–H and O–H groups in total. The number of carbonyl (C=O) groups excluding carboxylic acids is 1. The van der Waals surface area contributed by atoms with E-state index >= 15 is 0 Å². The Morgan fingerprint density at radius 1 is 1.29 bits per heavy atom. The number of amides is 1. The third-order valence-electron chi connectivity index (χ3n) is 5.15. The lowest BCUT2D eigenvalue weighted by molar-refractivity contribution is -0.157. The average Bonchev–Trinajstić information content (AvgIpc) is 3.03. The molecule has 1 amide bonds. The molecule has 0 spiro atoms. The predicted octanol–water partition coefficient (Wildman–Crippen LogP) is 2.81. The van der Waals surface area contributed by atoms with Crippen molar-refractivity contribution in [3.8, 4) is 0 Å². The number of hydrogen-bond donors (Lipinski definition) is 2. The van der Waals surface area contributed by atoms with Crippen LogP contribution in [0.1, 0.15) is 50.1 Å². The van der Waals surface area contributed by atoms with E-state index < -0.39 is 11.4 Å². The smallest absolute Gasteiger partial charge is 0.310 e. The van der Waals surface area contributed by atoms with Gasteiger partial charge < -0.3 is 15.2 Å². The van der Waals surface area contributed by atoms with E-state index in [-0.39, 0.29) is 30.3 Å². The van der Waals surface area contributed by atoms with Crippen LogP contribution in [0.3, 0.4) is 0 Å². The van der Waals surface area contributed by atoms with E-state index in [2.05, 4.69) is 5.32 Å². The van der Waals surface area contributed by atoms with Crippen LogP contribution in [-0.2, 0) is 14.3 Å². The Morgan fingerprint density at radius 2 is 2.00 bits per heavy atom. The van der Waals surface area contributed by atoms with Gasteiger partial charge in [0.05, 0.1) is 17.6 Å². The van der Waals surface area contributed by atoms with Crippen LogP contribution in [0.25, 0.3) is 0 Å². The van der Waals surface area contributed by atoms with E-state index in [0.717, 1.165) is 24.8 Å². The van der Waals surface area contributed by atoms with E-state index in [4.69, 9.17) is 4.74 Å². The molecule has 1 aromatic carbocycles. The zero-order valence-electron chi connectivity index (χ0n) is 13.5. The first kappa shape index (κ1) is 16.9. The molecule has 5 nitrogen and oxygen atoms in total. The molecule has 2 unspecified atom stereocenters. The van der Waals surface area contributed by atoms with E-state index in [1.807, 2.05) is 0 Å². The van der Waals surface area contributed by atoms with Crippen molar-refractivity contribution in [2.45, 2.75) is 50.7 Å². The summed E-state index contributed by atoms with van der Waals surface area (Å²) < 4.78 is 18.9. The van der Waals surface area contributed by atoms with Gasteiger partial charge in [-0.05, 0) is 43.4 Å². The second-order valence-electron chi connectivity index (χ2n) is 6.76. The van der Waals surface area contributed by atoms with Crippen LogP contribution in [0.2, 0.25) is 0 Å². The molecule has 0 aromatic heterocycles. The number of nitrogens with one attached hydrogen (secondary N) is 1. The zero-order chi connectivity index (χ0) is 17.2. The summed E-state index contributed by atoms with van der Waals surface area (Å²) in [6.07, 6.45) is 3.46. The van der Waals surface area contributed by atoms with Gasteiger partial charge in [0.15, 0.2) is 0 Å². The number of benzene rings is 1. The minimum atomic E-state index is -0.923. The Morgan fingerprint density at radius 3 is 2.50 bits per heavy atom. The molecule has 3 rings (SSSR count). The number of halogens is 1. The molecule has 0 bridgehead atoms. The van der Waals surface area contributed by atoms with Gasteiger partial charge in [0.25, 0.3) is 0 Å². The van der Waals surface area contributed by atoms with Crippen molar-refractivity contribution in [1.82, 2.24) is 5.32 Å². The van der Waals surface area contributed by atoms with Gasteiger partial charge in [-0.25, -0.2) is 4.39 Å². The Kier molecular flexibility index (Phi) is 4.85. The lowest BCUT2D eigenvalue weighted by Gasteiger charge is -2.37. The first-order valence-electron chi connectivity index (χ1n) is 8.40. The van der Waals surface area contributed by atoms with Gasteiger partial charge >= 0.3 is 5.97 Å². The molecule has 1 aromatic rings. The molecule has 1 aliphatic carbocycles. The summed E-state index contributed by atoms with van der Waals surface area (Å²) in [6, 6.07) is 5.60. The maximum absolute atomic E-state index is 13.2. The molecular formula is C18H22FNO4.